The van der Waals surface area contributed by atoms with Crippen LogP contribution in [-0.2, 0) is 0 Å². The molecule has 18 heavy (non-hydrogen) atoms. The molecule has 0 aliphatic rings. The number of halogens is 2. The molecule has 0 aliphatic carbocycles. The maximum absolute atomic E-state index is 13.2. The summed E-state index contributed by atoms with van der Waals surface area (Å²) in [6, 6.07) is 4.49. The molecule has 2 nitrogen and oxygen atoms in total. The molecule has 0 bridgehead atoms. The van der Waals surface area contributed by atoms with Gasteiger partial charge in [-0.25, -0.2) is 4.39 Å². The Bertz CT molecular complexity index is 395. The fourth-order valence-electron chi connectivity index (χ4n) is 1.37. The van der Waals surface area contributed by atoms with Crippen LogP contribution in [0.3, 0.4) is 0 Å². The van der Waals surface area contributed by atoms with Gasteiger partial charge in [0.15, 0.2) is 0 Å². The summed E-state index contributed by atoms with van der Waals surface area (Å²) in [6.45, 7) is 9.08. The molecule has 0 spiro atoms. The first-order chi connectivity index (χ1) is 8.34. The van der Waals surface area contributed by atoms with E-state index >= 15 is 0 Å². The van der Waals surface area contributed by atoms with Gasteiger partial charge in [0, 0.05) is 18.2 Å². The lowest BCUT2D eigenvalue weighted by Gasteiger charge is -2.27. The van der Waals surface area contributed by atoms with Crippen molar-refractivity contribution >= 4 is 11.6 Å². The third kappa shape index (κ3) is 4.83. The van der Waals surface area contributed by atoms with E-state index in [1.54, 1.807) is 6.07 Å². The third-order valence-corrected chi connectivity index (χ3v) is 3.29. The normalized spacial score (nSPS) is 13.4. The maximum Gasteiger partial charge on any atom is 0.145 e. The van der Waals surface area contributed by atoms with Crippen LogP contribution in [0.15, 0.2) is 18.2 Å². The van der Waals surface area contributed by atoms with Crippen LogP contribution >= 0.6 is 11.6 Å². The predicted octanol–water partition coefficient (Wildman–Crippen LogP) is 4.02. The highest BCUT2D eigenvalue weighted by molar-refractivity contribution is 6.30. The van der Waals surface area contributed by atoms with Gasteiger partial charge in [0.2, 0.25) is 0 Å². The first-order valence-electron chi connectivity index (χ1n) is 6.21. The molecule has 1 rings (SSSR count). The van der Waals surface area contributed by atoms with Crippen LogP contribution in [0.2, 0.25) is 5.02 Å². The molecule has 0 saturated carbocycles. The molecular weight excluding hydrogens is 253 g/mol. The number of rotatable bonds is 6. The number of ether oxygens (including phenoxy) is 1. The lowest BCUT2D eigenvalue weighted by molar-refractivity contribution is 0.198. The fraction of sp³-hybridized carbons (Fsp3) is 0.571. The van der Waals surface area contributed by atoms with Crippen molar-refractivity contribution in [2.75, 3.05) is 6.54 Å². The molecule has 1 aromatic rings. The molecule has 0 radical (unpaired) electrons. The quantitative estimate of drug-likeness (QED) is 0.845. The van der Waals surface area contributed by atoms with E-state index in [1.165, 1.54) is 12.1 Å². The second-order valence-electron chi connectivity index (χ2n) is 5.12. The largest absolute Gasteiger partial charge is 0.489 e. The topological polar surface area (TPSA) is 21.3 Å². The molecule has 0 amide bonds. The summed E-state index contributed by atoms with van der Waals surface area (Å²) in [4.78, 5) is 0. The van der Waals surface area contributed by atoms with Gasteiger partial charge in [-0.05, 0) is 39.3 Å². The van der Waals surface area contributed by atoms with E-state index in [1.807, 2.05) is 6.92 Å². The summed E-state index contributed by atoms with van der Waals surface area (Å²) in [5.74, 6) is 0.0451. The Hall–Kier alpha value is -0.800. The van der Waals surface area contributed by atoms with E-state index in [4.69, 9.17) is 16.3 Å². The van der Waals surface area contributed by atoms with Gasteiger partial charge in [0.25, 0.3) is 0 Å². The van der Waals surface area contributed by atoms with Gasteiger partial charge in [-0.3, -0.25) is 0 Å². The second-order valence-corrected chi connectivity index (χ2v) is 5.53. The Morgan fingerprint density at radius 3 is 2.67 bits per heavy atom. The molecule has 0 saturated heterocycles. The van der Waals surface area contributed by atoms with E-state index in [-0.39, 0.29) is 16.7 Å². The summed E-state index contributed by atoms with van der Waals surface area (Å²) in [6.07, 6.45) is 1.01. The average Bonchev–Trinajstić information content (AvgIpc) is 2.32. The van der Waals surface area contributed by atoms with Crippen molar-refractivity contribution in [3.63, 3.8) is 0 Å². The van der Waals surface area contributed by atoms with Crippen LogP contribution < -0.4 is 10.1 Å². The van der Waals surface area contributed by atoms with Crippen LogP contribution in [0.5, 0.6) is 5.75 Å². The highest BCUT2D eigenvalue weighted by Crippen LogP contribution is 2.21. The molecule has 1 aromatic carbocycles. The first kappa shape index (κ1) is 15.3. The van der Waals surface area contributed by atoms with Crippen LogP contribution in [0.1, 0.15) is 34.1 Å². The SMILES string of the molecule is CCC(C)(C)NCC(C)Oc1ccc(Cl)c(F)c1. The van der Waals surface area contributed by atoms with E-state index in [9.17, 15) is 4.39 Å². The van der Waals surface area contributed by atoms with E-state index < -0.39 is 5.82 Å². The Morgan fingerprint density at radius 1 is 1.44 bits per heavy atom. The summed E-state index contributed by atoms with van der Waals surface area (Å²) in [5.41, 5.74) is 0.0862. The van der Waals surface area contributed by atoms with Gasteiger partial charge in [-0.1, -0.05) is 18.5 Å². The molecule has 1 atom stereocenters. The zero-order valence-corrected chi connectivity index (χ0v) is 12.1. The van der Waals surface area contributed by atoms with E-state index in [0.29, 0.717) is 12.3 Å². The highest BCUT2D eigenvalue weighted by atomic mass is 35.5. The van der Waals surface area contributed by atoms with E-state index in [2.05, 4.69) is 26.1 Å². The fourth-order valence-corrected chi connectivity index (χ4v) is 1.49. The van der Waals surface area contributed by atoms with Gasteiger partial charge >= 0.3 is 0 Å². The molecule has 0 aromatic heterocycles. The van der Waals surface area contributed by atoms with Crippen molar-refractivity contribution in [2.24, 2.45) is 0 Å². The molecule has 0 aliphatic heterocycles. The molecule has 0 fully saturated rings. The molecule has 1 unspecified atom stereocenters. The minimum absolute atomic E-state index is 0.0311. The molecular formula is C14H21ClFNO. The van der Waals surface area contributed by atoms with Crippen molar-refractivity contribution in [2.45, 2.75) is 45.8 Å². The number of hydrogen-bond donors (Lipinski definition) is 1. The zero-order valence-electron chi connectivity index (χ0n) is 11.4. The van der Waals surface area contributed by atoms with Crippen LogP contribution in [0, 0.1) is 5.82 Å². The smallest absolute Gasteiger partial charge is 0.145 e. The second kappa shape index (κ2) is 6.39. The zero-order chi connectivity index (χ0) is 13.8. The minimum atomic E-state index is -0.455. The predicted molar refractivity (Wildman–Crippen MR) is 73.9 cm³/mol. The average molecular weight is 274 g/mol. The Labute approximate surface area is 113 Å². The highest BCUT2D eigenvalue weighted by Gasteiger charge is 2.15. The molecule has 1 N–H and O–H groups in total. The van der Waals surface area contributed by atoms with Crippen molar-refractivity contribution in [1.82, 2.24) is 5.32 Å². The molecule has 0 heterocycles. The third-order valence-electron chi connectivity index (χ3n) is 2.98. The first-order valence-corrected chi connectivity index (χ1v) is 6.58. The Morgan fingerprint density at radius 2 is 2.11 bits per heavy atom. The van der Waals surface area contributed by atoms with Crippen LogP contribution in [0.25, 0.3) is 0 Å². The number of hydrogen-bond acceptors (Lipinski definition) is 2. The minimum Gasteiger partial charge on any atom is -0.489 e. The van der Waals surface area contributed by atoms with Crippen molar-refractivity contribution in [3.8, 4) is 5.75 Å². The van der Waals surface area contributed by atoms with Gasteiger partial charge in [-0.15, -0.1) is 0 Å². The number of nitrogens with one attached hydrogen (secondary N) is 1. The lowest BCUT2D eigenvalue weighted by atomic mass is 10.0. The van der Waals surface area contributed by atoms with Crippen LogP contribution in [0.4, 0.5) is 4.39 Å². The Kier molecular flexibility index (Phi) is 5.42. The summed E-state index contributed by atoms with van der Waals surface area (Å²) < 4.78 is 18.9. The summed E-state index contributed by atoms with van der Waals surface area (Å²) in [5, 5.41) is 3.52. The van der Waals surface area contributed by atoms with Crippen molar-refractivity contribution < 1.29 is 9.13 Å². The summed E-state index contributed by atoms with van der Waals surface area (Å²) >= 11 is 5.61. The maximum atomic E-state index is 13.2. The van der Waals surface area contributed by atoms with Gasteiger partial charge in [-0.2, -0.15) is 0 Å². The monoisotopic (exact) mass is 273 g/mol. The van der Waals surface area contributed by atoms with Crippen molar-refractivity contribution in [3.05, 3.63) is 29.0 Å². The number of benzene rings is 1. The van der Waals surface area contributed by atoms with Gasteiger partial charge < -0.3 is 10.1 Å². The lowest BCUT2D eigenvalue weighted by Crippen LogP contribution is -2.43. The molecule has 102 valence electrons. The molecule has 4 heteroatoms. The Balaban J connectivity index is 2.49. The van der Waals surface area contributed by atoms with Crippen molar-refractivity contribution in [1.29, 1.82) is 0 Å². The van der Waals surface area contributed by atoms with Gasteiger partial charge in [0.1, 0.15) is 17.7 Å². The van der Waals surface area contributed by atoms with Gasteiger partial charge in [0.05, 0.1) is 5.02 Å². The van der Waals surface area contributed by atoms with E-state index in [0.717, 1.165) is 6.42 Å². The summed E-state index contributed by atoms with van der Waals surface area (Å²) in [7, 11) is 0. The van der Waals surface area contributed by atoms with Crippen LogP contribution in [-0.4, -0.2) is 18.2 Å². The standard InChI is InChI=1S/C14H21ClFNO/c1-5-14(3,4)17-9-10(2)18-11-6-7-12(15)13(16)8-11/h6-8,10,17H,5,9H2,1-4H3.